The molecule has 3 heteroatoms. The fourth-order valence-electron chi connectivity index (χ4n) is 1.63. The first-order chi connectivity index (χ1) is 6.04. The van der Waals surface area contributed by atoms with Gasteiger partial charge >= 0.3 is 0 Å². The smallest absolute Gasteiger partial charge is 0.234 e. The zero-order valence-electron chi connectivity index (χ0n) is 9.21. The zero-order chi connectivity index (χ0) is 10.4. The summed E-state index contributed by atoms with van der Waals surface area (Å²) in [6.07, 6.45) is 1.86. The minimum absolute atomic E-state index is 0.0973. The van der Waals surface area contributed by atoms with Crippen molar-refractivity contribution in [3.63, 3.8) is 0 Å². The lowest BCUT2D eigenvalue weighted by Crippen LogP contribution is -2.48. The molecule has 0 aliphatic rings. The van der Waals surface area contributed by atoms with Crippen LogP contribution in [0.25, 0.3) is 0 Å². The van der Waals surface area contributed by atoms with Crippen molar-refractivity contribution in [1.82, 2.24) is 4.90 Å². The number of carbonyl (C=O) groups excluding carboxylic acids is 1. The summed E-state index contributed by atoms with van der Waals surface area (Å²) in [4.78, 5) is 13.3. The molecule has 0 bridgehead atoms. The lowest BCUT2D eigenvalue weighted by Gasteiger charge is -2.32. The molecule has 1 amide bonds. The molecule has 0 saturated heterocycles. The minimum atomic E-state index is -0.204. The summed E-state index contributed by atoms with van der Waals surface area (Å²) in [6, 6.07) is 0.289. The van der Waals surface area contributed by atoms with Crippen LogP contribution >= 0.6 is 0 Å². The third kappa shape index (κ3) is 3.77. The molecule has 0 aliphatic heterocycles. The second-order valence-corrected chi connectivity index (χ2v) is 3.66. The third-order valence-electron chi connectivity index (χ3n) is 2.26. The number of primary amides is 1. The van der Waals surface area contributed by atoms with Gasteiger partial charge in [-0.2, -0.15) is 0 Å². The van der Waals surface area contributed by atoms with E-state index in [9.17, 15) is 4.79 Å². The van der Waals surface area contributed by atoms with E-state index in [0.29, 0.717) is 6.04 Å². The lowest BCUT2D eigenvalue weighted by molar-refractivity contribution is -0.124. The average Bonchev–Trinajstić information content (AvgIpc) is 2.03. The summed E-state index contributed by atoms with van der Waals surface area (Å²) >= 11 is 0. The van der Waals surface area contributed by atoms with Gasteiger partial charge in [-0.1, -0.05) is 13.8 Å². The van der Waals surface area contributed by atoms with E-state index in [4.69, 9.17) is 5.73 Å². The van der Waals surface area contributed by atoms with Crippen molar-refractivity contribution in [1.29, 1.82) is 0 Å². The van der Waals surface area contributed by atoms with Crippen LogP contribution in [0.4, 0.5) is 0 Å². The summed E-state index contributed by atoms with van der Waals surface area (Å²) in [5.74, 6) is -0.204. The first-order valence-electron chi connectivity index (χ1n) is 5.09. The van der Waals surface area contributed by atoms with Gasteiger partial charge in [0.25, 0.3) is 0 Å². The Bertz CT molecular complexity index is 157. The molecule has 0 aromatic carbocycles. The van der Waals surface area contributed by atoms with Gasteiger partial charge in [-0.15, -0.1) is 0 Å². The largest absolute Gasteiger partial charge is 0.368 e. The summed E-state index contributed by atoms with van der Waals surface area (Å²) < 4.78 is 0. The average molecular weight is 186 g/mol. The Morgan fingerprint density at radius 3 is 2.15 bits per heavy atom. The van der Waals surface area contributed by atoms with E-state index in [1.165, 1.54) is 0 Å². The Morgan fingerprint density at radius 1 is 1.38 bits per heavy atom. The van der Waals surface area contributed by atoms with Crippen molar-refractivity contribution in [2.24, 2.45) is 5.73 Å². The van der Waals surface area contributed by atoms with Crippen LogP contribution in [0.3, 0.4) is 0 Å². The summed E-state index contributed by atoms with van der Waals surface area (Å²) in [7, 11) is 0. The van der Waals surface area contributed by atoms with Crippen LogP contribution in [0, 0.1) is 0 Å². The highest BCUT2D eigenvalue weighted by atomic mass is 16.1. The second kappa shape index (κ2) is 5.97. The molecule has 0 fully saturated rings. The van der Waals surface area contributed by atoms with Crippen molar-refractivity contribution in [2.75, 3.05) is 6.54 Å². The first kappa shape index (κ1) is 12.4. The maximum absolute atomic E-state index is 11.1. The maximum atomic E-state index is 11.1. The molecule has 0 heterocycles. The molecule has 0 radical (unpaired) electrons. The highest BCUT2D eigenvalue weighted by molar-refractivity contribution is 5.79. The Balaban J connectivity index is 4.38. The van der Waals surface area contributed by atoms with Gasteiger partial charge in [0.05, 0.1) is 6.04 Å². The van der Waals surface area contributed by atoms with E-state index >= 15 is 0 Å². The molecule has 0 aliphatic carbocycles. The monoisotopic (exact) mass is 186 g/mol. The van der Waals surface area contributed by atoms with Crippen LogP contribution < -0.4 is 5.73 Å². The van der Waals surface area contributed by atoms with Crippen LogP contribution in [0.1, 0.15) is 40.5 Å². The second-order valence-electron chi connectivity index (χ2n) is 3.66. The fraction of sp³-hybridized carbons (Fsp3) is 0.900. The highest BCUT2D eigenvalue weighted by Crippen LogP contribution is 2.09. The van der Waals surface area contributed by atoms with E-state index < -0.39 is 0 Å². The molecule has 78 valence electrons. The molecular weight excluding hydrogens is 164 g/mol. The molecular formula is C10H22N2O. The quantitative estimate of drug-likeness (QED) is 0.681. The molecule has 2 N–H and O–H groups in total. The van der Waals surface area contributed by atoms with Crippen LogP contribution in [0.5, 0.6) is 0 Å². The number of nitrogens with two attached hydrogens (primary N) is 1. The molecule has 0 aromatic heterocycles. The SMILES string of the molecule is CCCN(C(C)C)C(CC)C(N)=O. The topological polar surface area (TPSA) is 46.3 Å². The zero-order valence-corrected chi connectivity index (χ0v) is 9.21. The van der Waals surface area contributed by atoms with Gasteiger partial charge < -0.3 is 5.73 Å². The van der Waals surface area contributed by atoms with Crippen LogP contribution in [0.15, 0.2) is 0 Å². The molecule has 1 unspecified atom stereocenters. The molecule has 3 nitrogen and oxygen atoms in total. The Labute approximate surface area is 81.3 Å². The normalized spacial score (nSPS) is 13.7. The van der Waals surface area contributed by atoms with Gasteiger partial charge in [-0.3, -0.25) is 9.69 Å². The lowest BCUT2D eigenvalue weighted by atomic mass is 10.1. The third-order valence-corrected chi connectivity index (χ3v) is 2.26. The predicted molar refractivity (Wildman–Crippen MR) is 55.4 cm³/mol. The molecule has 0 spiro atoms. The minimum Gasteiger partial charge on any atom is -0.368 e. The van der Waals surface area contributed by atoms with Gasteiger partial charge in [-0.25, -0.2) is 0 Å². The molecule has 13 heavy (non-hydrogen) atoms. The summed E-state index contributed by atoms with van der Waals surface area (Å²) in [6.45, 7) is 9.26. The van der Waals surface area contributed by atoms with Crippen LogP contribution in [-0.2, 0) is 4.79 Å². The number of carbonyl (C=O) groups is 1. The molecule has 0 rings (SSSR count). The van der Waals surface area contributed by atoms with Crippen molar-refractivity contribution in [2.45, 2.75) is 52.6 Å². The van der Waals surface area contributed by atoms with Crippen molar-refractivity contribution in [3.05, 3.63) is 0 Å². The van der Waals surface area contributed by atoms with E-state index in [1.54, 1.807) is 0 Å². The molecule has 0 saturated carbocycles. The van der Waals surface area contributed by atoms with E-state index in [1.807, 2.05) is 6.92 Å². The van der Waals surface area contributed by atoms with Gasteiger partial charge in [0.1, 0.15) is 0 Å². The molecule has 0 aromatic rings. The fourth-order valence-corrected chi connectivity index (χ4v) is 1.63. The van der Waals surface area contributed by atoms with Crippen molar-refractivity contribution in [3.8, 4) is 0 Å². The van der Waals surface area contributed by atoms with E-state index in [0.717, 1.165) is 19.4 Å². The number of hydrogen-bond acceptors (Lipinski definition) is 2. The number of rotatable bonds is 6. The van der Waals surface area contributed by atoms with E-state index in [2.05, 4.69) is 25.7 Å². The molecule has 1 atom stereocenters. The Kier molecular flexibility index (Phi) is 5.71. The predicted octanol–water partition coefficient (Wildman–Crippen LogP) is 1.37. The van der Waals surface area contributed by atoms with Crippen molar-refractivity contribution >= 4 is 5.91 Å². The van der Waals surface area contributed by atoms with Gasteiger partial charge in [0, 0.05) is 6.04 Å². The van der Waals surface area contributed by atoms with Crippen LogP contribution in [-0.4, -0.2) is 29.4 Å². The highest BCUT2D eigenvalue weighted by Gasteiger charge is 2.23. The number of amides is 1. The Morgan fingerprint density at radius 2 is 1.92 bits per heavy atom. The van der Waals surface area contributed by atoms with Crippen molar-refractivity contribution < 1.29 is 4.79 Å². The first-order valence-corrected chi connectivity index (χ1v) is 5.09. The number of hydrogen-bond donors (Lipinski definition) is 1. The van der Waals surface area contributed by atoms with Gasteiger partial charge in [-0.05, 0) is 33.2 Å². The Hall–Kier alpha value is -0.570. The summed E-state index contributed by atoms with van der Waals surface area (Å²) in [5, 5.41) is 0. The summed E-state index contributed by atoms with van der Waals surface area (Å²) in [5.41, 5.74) is 5.34. The van der Waals surface area contributed by atoms with Gasteiger partial charge in [0.2, 0.25) is 5.91 Å². The van der Waals surface area contributed by atoms with Gasteiger partial charge in [0.15, 0.2) is 0 Å². The number of nitrogens with zero attached hydrogens (tertiary/aromatic N) is 1. The standard InChI is InChI=1S/C10H22N2O/c1-5-7-12(8(3)4)9(6-2)10(11)13/h8-9H,5-7H2,1-4H3,(H2,11,13). The van der Waals surface area contributed by atoms with Crippen LogP contribution in [0.2, 0.25) is 0 Å². The van der Waals surface area contributed by atoms with E-state index in [-0.39, 0.29) is 11.9 Å². The maximum Gasteiger partial charge on any atom is 0.234 e.